The van der Waals surface area contributed by atoms with Gasteiger partial charge in [-0.25, -0.2) is 4.39 Å². The molecule has 1 rings (SSSR count). The number of hydrogen-bond acceptors (Lipinski definition) is 6. The van der Waals surface area contributed by atoms with Crippen molar-refractivity contribution >= 4 is 0 Å². The summed E-state index contributed by atoms with van der Waals surface area (Å²) in [6, 6.07) is 0. The van der Waals surface area contributed by atoms with E-state index >= 15 is 0 Å². The standard InChI is InChI=1S/C6H11FO6/c7-6(13)4(11)2(9)1(8)3(10)5(6)12/h1-5,8-13H/t1?,2-,3-,4-,5+,6?/m0/s1. The zero-order chi connectivity index (χ0) is 10.4. The van der Waals surface area contributed by atoms with Crippen LogP contribution < -0.4 is 0 Å². The average molecular weight is 198 g/mol. The zero-order valence-electron chi connectivity index (χ0n) is 6.45. The van der Waals surface area contributed by atoms with E-state index in [9.17, 15) is 4.39 Å². The number of aliphatic hydroxyl groups is 6. The Morgan fingerprint density at radius 1 is 0.769 bits per heavy atom. The van der Waals surface area contributed by atoms with Gasteiger partial charge in [0.1, 0.15) is 30.5 Å². The largest absolute Gasteiger partial charge is 0.387 e. The number of alkyl halides is 1. The minimum Gasteiger partial charge on any atom is -0.387 e. The highest BCUT2D eigenvalue weighted by Crippen LogP contribution is 2.31. The summed E-state index contributed by atoms with van der Waals surface area (Å²) in [5.41, 5.74) is 0. The maximum absolute atomic E-state index is 13.0. The lowest BCUT2D eigenvalue weighted by molar-refractivity contribution is -0.314. The van der Waals surface area contributed by atoms with Crippen molar-refractivity contribution in [2.45, 2.75) is 36.4 Å². The third-order valence-electron chi connectivity index (χ3n) is 2.18. The third kappa shape index (κ3) is 1.43. The van der Waals surface area contributed by atoms with Crippen LogP contribution in [0.3, 0.4) is 0 Å². The number of rotatable bonds is 0. The fraction of sp³-hybridized carbons (Fsp3) is 1.00. The van der Waals surface area contributed by atoms with Gasteiger partial charge in [-0.2, -0.15) is 0 Å². The van der Waals surface area contributed by atoms with Crippen molar-refractivity contribution in [3.05, 3.63) is 0 Å². The van der Waals surface area contributed by atoms with Crippen LogP contribution >= 0.6 is 0 Å². The molecule has 6 N–H and O–H groups in total. The predicted molar refractivity (Wildman–Crippen MR) is 36.1 cm³/mol. The molecule has 0 saturated heterocycles. The molecule has 1 saturated carbocycles. The highest BCUT2D eigenvalue weighted by Gasteiger charge is 2.58. The predicted octanol–water partition coefficient (Wildman–Crippen LogP) is -3.54. The van der Waals surface area contributed by atoms with Crippen molar-refractivity contribution in [3.63, 3.8) is 0 Å². The summed E-state index contributed by atoms with van der Waals surface area (Å²) >= 11 is 0. The smallest absolute Gasteiger partial charge is 0.264 e. The summed E-state index contributed by atoms with van der Waals surface area (Å²) in [6.45, 7) is 0. The average Bonchev–Trinajstić information content (AvgIpc) is 2.09. The van der Waals surface area contributed by atoms with Gasteiger partial charge in [-0.05, 0) is 0 Å². The first-order chi connectivity index (χ1) is 5.80. The lowest BCUT2D eigenvalue weighted by Crippen LogP contribution is -2.68. The molecule has 7 heteroatoms. The fourth-order valence-corrected chi connectivity index (χ4v) is 1.23. The molecule has 1 aliphatic rings. The number of hydrogen-bond donors (Lipinski definition) is 6. The van der Waals surface area contributed by atoms with Gasteiger partial charge in [0.05, 0.1) is 0 Å². The van der Waals surface area contributed by atoms with Crippen molar-refractivity contribution in [3.8, 4) is 0 Å². The van der Waals surface area contributed by atoms with Crippen LogP contribution in [0.5, 0.6) is 0 Å². The molecule has 0 aliphatic heterocycles. The van der Waals surface area contributed by atoms with E-state index in [2.05, 4.69) is 0 Å². The van der Waals surface area contributed by atoms with Crippen LogP contribution in [-0.4, -0.2) is 67.0 Å². The highest BCUT2D eigenvalue weighted by molar-refractivity contribution is 5.02. The normalized spacial score (nSPS) is 57.9. The third-order valence-corrected chi connectivity index (χ3v) is 2.18. The van der Waals surface area contributed by atoms with Gasteiger partial charge in [0.2, 0.25) is 0 Å². The van der Waals surface area contributed by atoms with Crippen molar-refractivity contribution in [1.82, 2.24) is 0 Å². The topological polar surface area (TPSA) is 121 Å². The minimum atomic E-state index is -3.53. The van der Waals surface area contributed by atoms with E-state index in [0.717, 1.165) is 0 Å². The summed E-state index contributed by atoms with van der Waals surface area (Å²) in [4.78, 5) is 0. The Hall–Kier alpha value is -0.310. The first-order valence-corrected chi connectivity index (χ1v) is 3.61. The first-order valence-electron chi connectivity index (χ1n) is 3.61. The van der Waals surface area contributed by atoms with E-state index < -0.39 is 36.4 Å². The molecule has 0 spiro atoms. The van der Waals surface area contributed by atoms with Crippen molar-refractivity contribution < 1.29 is 35.0 Å². The van der Waals surface area contributed by atoms with Gasteiger partial charge in [-0.15, -0.1) is 0 Å². The van der Waals surface area contributed by atoms with Gasteiger partial charge >= 0.3 is 0 Å². The van der Waals surface area contributed by atoms with E-state index in [-0.39, 0.29) is 0 Å². The van der Waals surface area contributed by atoms with E-state index in [1.54, 1.807) is 0 Å². The van der Waals surface area contributed by atoms with Crippen LogP contribution in [0.25, 0.3) is 0 Å². The summed E-state index contributed by atoms with van der Waals surface area (Å²) in [6.07, 6.45) is -10.7. The van der Waals surface area contributed by atoms with Crippen LogP contribution in [0.1, 0.15) is 0 Å². The molecule has 0 bridgehead atoms. The van der Waals surface area contributed by atoms with Gasteiger partial charge in [0.15, 0.2) is 0 Å². The molecule has 13 heavy (non-hydrogen) atoms. The van der Waals surface area contributed by atoms with Gasteiger partial charge in [0.25, 0.3) is 5.85 Å². The Morgan fingerprint density at radius 3 is 1.38 bits per heavy atom. The summed E-state index contributed by atoms with van der Waals surface area (Å²) in [5.74, 6) is -3.53. The van der Waals surface area contributed by atoms with Crippen LogP contribution in [0.15, 0.2) is 0 Å². The fourth-order valence-electron chi connectivity index (χ4n) is 1.23. The SMILES string of the molecule is OC1[C@H](O)[C@@H](O)C(O)(F)[C@@H](O)[C@H]1O. The Morgan fingerprint density at radius 2 is 1.08 bits per heavy atom. The second-order valence-corrected chi connectivity index (χ2v) is 3.09. The molecule has 0 radical (unpaired) electrons. The Bertz CT molecular complexity index is 180. The molecule has 0 aromatic carbocycles. The van der Waals surface area contributed by atoms with Gasteiger partial charge < -0.3 is 30.6 Å². The Kier molecular flexibility index (Phi) is 2.59. The molecular formula is C6H11FO6. The van der Waals surface area contributed by atoms with Crippen molar-refractivity contribution in [2.24, 2.45) is 0 Å². The summed E-state index contributed by atoms with van der Waals surface area (Å²) < 4.78 is 13.0. The number of halogens is 1. The molecule has 0 aromatic rings. The summed E-state index contributed by atoms with van der Waals surface area (Å²) in [7, 11) is 0. The van der Waals surface area contributed by atoms with Gasteiger partial charge in [-0.1, -0.05) is 0 Å². The van der Waals surface area contributed by atoms with Crippen LogP contribution in [0.4, 0.5) is 4.39 Å². The van der Waals surface area contributed by atoms with Crippen LogP contribution in [0, 0.1) is 0 Å². The minimum absolute atomic E-state index is 1.90. The van der Waals surface area contributed by atoms with Crippen molar-refractivity contribution in [2.75, 3.05) is 0 Å². The van der Waals surface area contributed by atoms with Gasteiger partial charge in [0, 0.05) is 0 Å². The summed E-state index contributed by atoms with van der Waals surface area (Å²) in [5, 5.41) is 53.2. The maximum atomic E-state index is 13.0. The Labute approximate surface area is 72.5 Å². The van der Waals surface area contributed by atoms with E-state index in [0.29, 0.717) is 0 Å². The lowest BCUT2D eigenvalue weighted by Gasteiger charge is -2.42. The molecule has 2 unspecified atom stereocenters. The second kappa shape index (κ2) is 3.12. The maximum Gasteiger partial charge on any atom is 0.264 e. The van der Waals surface area contributed by atoms with E-state index in [4.69, 9.17) is 30.6 Å². The van der Waals surface area contributed by atoms with E-state index in [1.165, 1.54) is 0 Å². The van der Waals surface area contributed by atoms with Crippen molar-refractivity contribution in [1.29, 1.82) is 0 Å². The quantitative estimate of drug-likeness (QED) is 0.240. The molecular weight excluding hydrogens is 187 g/mol. The van der Waals surface area contributed by atoms with Gasteiger partial charge in [-0.3, -0.25) is 0 Å². The molecule has 6 atom stereocenters. The monoisotopic (exact) mass is 198 g/mol. The molecule has 1 fully saturated rings. The number of aliphatic hydroxyl groups excluding tert-OH is 5. The lowest BCUT2D eigenvalue weighted by atomic mass is 9.83. The molecule has 78 valence electrons. The molecule has 0 heterocycles. The Balaban J connectivity index is 2.93. The highest BCUT2D eigenvalue weighted by atomic mass is 19.2. The molecule has 6 nitrogen and oxygen atoms in total. The molecule has 0 aromatic heterocycles. The first kappa shape index (κ1) is 10.8. The molecule has 0 amide bonds. The zero-order valence-corrected chi connectivity index (χ0v) is 6.45. The van der Waals surface area contributed by atoms with Crippen LogP contribution in [0.2, 0.25) is 0 Å². The molecule has 1 aliphatic carbocycles. The van der Waals surface area contributed by atoms with Crippen LogP contribution in [-0.2, 0) is 0 Å². The second-order valence-electron chi connectivity index (χ2n) is 3.09. The van der Waals surface area contributed by atoms with E-state index in [1.807, 2.05) is 0 Å².